The Morgan fingerprint density at radius 1 is 1.58 bits per heavy atom. The van der Waals surface area contributed by atoms with E-state index in [0.29, 0.717) is 19.1 Å². The Morgan fingerprint density at radius 2 is 2.26 bits per heavy atom. The van der Waals surface area contributed by atoms with E-state index in [9.17, 15) is 9.18 Å². The summed E-state index contributed by atoms with van der Waals surface area (Å²) in [5.41, 5.74) is 5.67. The van der Waals surface area contributed by atoms with Crippen molar-refractivity contribution < 1.29 is 13.9 Å². The van der Waals surface area contributed by atoms with E-state index in [1.54, 1.807) is 0 Å². The normalized spacial score (nSPS) is 18.0. The molecule has 0 aliphatic carbocycles. The van der Waals surface area contributed by atoms with E-state index in [1.165, 1.54) is 0 Å². The van der Waals surface area contributed by atoms with Crippen molar-refractivity contribution in [3.8, 4) is 0 Å². The van der Waals surface area contributed by atoms with Crippen molar-refractivity contribution in [2.45, 2.75) is 25.8 Å². The average molecular weight is 267 g/mol. The zero-order chi connectivity index (χ0) is 13.8. The monoisotopic (exact) mass is 267 g/mol. The highest BCUT2D eigenvalue weighted by molar-refractivity contribution is 5.98. The number of nitrogens with two attached hydrogens (primary N) is 1. The fourth-order valence-corrected chi connectivity index (χ4v) is 2.25. The van der Waals surface area contributed by atoms with Crippen LogP contribution in [0.15, 0.2) is 12.3 Å². The van der Waals surface area contributed by atoms with Crippen LogP contribution in [0.2, 0.25) is 0 Å². The number of nitrogens with one attached hydrogen (secondary N) is 1. The van der Waals surface area contributed by atoms with Crippen LogP contribution in [-0.2, 0) is 4.74 Å². The van der Waals surface area contributed by atoms with E-state index in [4.69, 9.17) is 10.5 Å². The van der Waals surface area contributed by atoms with E-state index >= 15 is 0 Å². The average Bonchev–Trinajstić information content (AvgIpc) is 2.42. The highest BCUT2D eigenvalue weighted by atomic mass is 19.1. The number of nitrogens with zero attached hydrogens (tertiary/aromatic N) is 1. The Kier molecular flexibility index (Phi) is 4.31. The van der Waals surface area contributed by atoms with Gasteiger partial charge in [-0.25, -0.2) is 9.37 Å². The van der Waals surface area contributed by atoms with Crippen molar-refractivity contribution >= 4 is 11.7 Å². The Balaban J connectivity index is 2.01. The predicted molar refractivity (Wildman–Crippen MR) is 69.1 cm³/mol. The van der Waals surface area contributed by atoms with Crippen LogP contribution in [0.3, 0.4) is 0 Å². The Morgan fingerprint density at radius 3 is 2.95 bits per heavy atom. The summed E-state index contributed by atoms with van der Waals surface area (Å²) >= 11 is 0. The molecular weight excluding hydrogens is 249 g/mol. The molecule has 2 rings (SSSR count). The largest absolute Gasteiger partial charge is 0.383 e. The van der Waals surface area contributed by atoms with Gasteiger partial charge in [0.15, 0.2) is 0 Å². The van der Waals surface area contributed by atoms with E-state index in [1.807, 2.05) is 6.92 Å². The number of nitrogen functional groups attached to an aromatic ring is 1. The maximum absolute atomic E-state index is 13.1. The van der Waals surface area contributed by atoms with Crippen molar-refractivity contribution in [2.24, 2.45) is 5.92 Å². The van der Waals surface area contributed by atoms with Crippen LogP contribution in [0.4, 0.5) is 10.2 Å². The summed E-state index contributed by atoms with van der Waals surface area (Å²) in [6, 6.07) is 1.10. The first kappa shape index (κ1) is 13.7. The number of amides is 1. The number of carbonyl (C=O) groups excluding carboxylic acids is 1. The minimum Gasteiger partial charge on any atom is -0.383 e. The Bertz CT molecular complexity index is 461. The Hall–Kier alpha value is -1.69. The van der Waals surface area contributed by atoms with Gasteiger partial charge < -0.3 is 15.8 Å². The van der Waals surface area contributed by atoms with Crippen LogP contribution in [-0.4, -0.2) is 30.1 Å². The van der Waals surface area contributed by atoms with Gasteiger partial charge in [0.1, 0.15) is 11.6 Å². The molecular formula is C13H18FN3O2. The molecule has 1 aliphatic rings. The summed E-state index contributed by atoms with van der Waals surface area (Å²) < 4.78 is 18.4. The van der Waals surface area contributed by atoms with Gasteiger partial charge in [0, 0.05) is 19.3 Å². The maximum atomic E-state index is 13.1. The molecule has 1 amide bonds. The molecule has 0 saturated carbocycles. The molecule has 0 spiro atoms. The molecule has 1 aromatic heterocycles. The molecule has 0 bridgehead atoms. The van der Waals surface area contributed by atoms with Crippen LogP contribution in [0.5, 0.6) is 0 Å². The summed E-state index contributed by atoms with van der Waals surface area (Å²) in [5, 5.41) is 2.85. The molecule has 1 fully saturated rings. The number of rotatable bonds is 3. The Labute approximate surface area is 111 Å². The van der Waals surface area contributed by atoms with Gasteiger partial charge in [0.05, 0.1) is 11.8 Å². The minimum atomic E-state index is -0.571. The van der Waals surface area contributed by atoms with Crippen molar-refractivity contribution in [3.63, 3.8) is 0 Å². The number of carbonyl (C=O) groups is 1. The van der Waals surface area contributed by atoms with E-state index in [0.717, 1.165) is 25.1 Å². The number of pyridine rings is 1. The lowest BCUT2D eigenvalue weighted by atomic mass is 9.93. The van der Waals surface area contributed by atoms with Crippen molar-refractivity contribution in [1.29, 1.82) is 0 Å². The number of ether oxygens (including phenoxy) is 1. The highest BCUT2D eigenvalue weighted by Gasteiger charge is 2.23. The summed E-state index contributed by atoms with van der Waals surface area (Å²) in [5.74, 6) is -0.542. The molecule has 2 heterocycles. The summed E-state index contributed by atoms with van der Waals surface area (Å²) in [7, 11) is 0. The fourth-order valence-electron chi connectivity index (χ4n) is 2.25. The second-order valence-electron chi connectivity index (χ2n) is 4.80. The first-order valence-electron chi connectivity index (χ1n) is 6.37. The predicted octanol–water partition coefficient (Wildman–Crippen LogP) is 1.35. The molecule has 19 heavy (non-hydrogen) atoms. The van der Waals surface area contributed by atoms with Crippen LogP contribution in [0.25, 0.3) is 0 Å². The molecule has 1 aliphatic heterocycles. The van der Waals surface area contributed by atoms with Gasteiger partial charge in [-0.2, -0.15) is 0 Å². The van der Waals surface area contributed by atoms with Crippen LogP contribution < -0.4 is 11.1 Å². The number of hydrogen-bond donors (Lipinski definition) is 2. The highest BCUT2D eigenvalue weighted by Crippen LogP contribution is 2.19. The SMILES string of the molecule is CC(NC(=O)c1cc(F)cnc1N)C1CCOCC1. The molecule has 0 radical (unpaired) electrons. The molecule has 5 nitrogen and oxygen atoms in total. The smallest absolute Gasteiger partial charge is 0.255 e. The summed E-state index contributed by atoms with van der Waals surface area (Å²) in [6.07, 6.45) is 2.82. The molecule has 6 heteroatoms. The lowest BCUT2D eigenvalue weighted by molar-refractivity contribution is 0.0538. The van der Waals surface area contributed by atoms with Gasteiger partial charge in [-0.15, -0.1) is 0 Å². The van der Waals surface area contributed by atoms with E-state index in [-0.39, 0.29) is 23.3 Å². The first-order chi connectivity index (χ1) is 9.08. The van der Waals surface area contributed by atoms with Crippen LogP contribution >= 0.6 is 0 Å². The van der Waals surface area contributed by atoms with Crippen molar-refractivity contribution in [3.05, 3.63) is 23.6 Å². The second-order valence-corrected chi connectivity index (χ2v) is 4.80. The van der Waals surface area contributed by atoms with Gasteiger partial charge >= 0.3 is 0 Å². The van der Waals surface area contributed by atoms with Gasteiger partial charge in [0.2, 0.25) is 0 Å². The fraction of sp³-hybridized carbons (Fsp3) is 0.538. The minimum absolute atomic E-state index is 0.000864. The van der Waals surface area contributed by atoms with Crippen LogP contribution in [0.1, 0.15) is 30.1 Å². The number of anilines is 1. The quantitative estimate of drug-likeness (QED) is 0.866. The molecule has 104 valence electrons. The first-order valence-corrected chi connectivity index (χ1v) is 6.37. The third-order valence-electron chi connectivity index (χ3n) is 3.46. The third kappa shape index (κ3) is 3.41. The van der Waals surface area contributed by atoms with Crippen LogP contribution in [0, 0.1) is 11.7 Å². The van der Waals surface area contributed by atoms with Gasteiger partial charge in [-0.1, -0.05) is 0 Å². The summed E-state index contributed by atoms with van der Waals surface area (Å²) in [6.45, 7) is 3.37. The lowest BCUT2D eigenvalue weighted by Crippen LogP contribution is -2.40. The zero-order valence-electron chi connectivity index (χ0n) is 10.9. The van der Waals surface area contributed by atoms with Crippen molar-refractivity contribution in [1.82, 2.24) is 10.3 Å². The van der Waals surface area contributed by atoms with E-state index < -0.39 is 5.82 Å². The second kappa shape index (κ2) is 5.97. The van der Waals surface area contributed by atoms with Gasteiger partial charge in [0.25, 0.3) is 5.91 Å². The zero-order valence-corrected chi connectivity index (χ0v) is 10.9. The topological polar surface area (TPSA) is 77.2 Å². The third-order valence-corrected chi connectivity index (χ3v) is 3.46. The number of hydrogen-bond acceptors (Lipinski definition) is 4. The molecule has 1 saturated heterocycles. The van der Waals surface area contributed by atoms with Gasteiger partial charge in [-0.3, -0.25) is 4.79 Å². The molecule has 1 aromatic rings. The molecule has 0 aromatic carbocycles. The molecule has 1 atom stereocenters. The maximum Gasteiger partial charge on any atom is 0.255 e. The molecule has 1 unspecified atom stereocenters. The van der Waals surface area contributed by atoms with Crippen molar-refractivity contribution in [2.75, 3.05) is 18.9 Å². The standard InChI is InChI=1S/C13H18FN3O2/c1-8(9-2-4-19-5-3-9)17-13(18)11-6-10(14)7-16-12(11)15/h6-9H,2-5H2,1H3,(H2,15,16)(H,17,18). The molecule has 3 N–H and O–H groups in total. The number of aromatic nitrogens is 1. The van der Waals surface area contributed by atoms with E-state index in [2.05, 4.69) is 10.3 Å². The van der Waals surface area contributed by atoms with Gasteiger partial charge in [-0.05, 0) is 31.7 Å². The lowest BCUT2D eigenvalue weighted by Gasteiger charge is -2.28. The summed E-state index contributed by atoms with van der Waals surface area (Å²) in [4.78, 5) is 15.7. The number of halogens is 1.